The summed E-state index contributed by atoms with van der Waals surface area (Å²) in [6, 6.07) is 0. The number of ether oxygens (including phenoxy) is 1. The Bertz CT molecular complexity index is 97.8. The Morgan fingerprint density at radius 3 is 2.80 bits per heavy atom. The quantitative estimate of drug-likeness (QED) is 0.547. The Balaban J connectivity index is 2.35. The lowest BCUT2D eigenvalue weighted by Gasteiger charge is -2.33. The molecule has 3 heteroatoms. The molecule has 0 amide bonds. The summed E-state index contributed by atoms with van der Waals surface area (Å²) >= 11 is 0. The first-order valence-electron chi connectivity index (χ1n) is 3.76. The van der Waals surface area contributed by atoms with Gasteiger partial charge in [-0.3, -0.25) is 0 Å². The number of hydrogen-bond donors (Lipinski definition) is 1. The second-order valence-electron chi connectivity index (χ2n) is 3.03. The van der Waals surface area contributed by atoms with E-state index in [9.17, 15) is 0 Å². The first-order chi connectivity index (χ1) is 4.72. The molecule has 0 aromatic heterocycles. The normalized spacial score (nSPS) is 36.3. The zero-order valence-electron chi connectivity index (χ0n) is 6.71. The summed E-state index contributed by atoms with van der Waals surface area (Å²) in [5.74, 6) is 0. The van der Waals surface area contributed by atoms with Gasteiger partial charge in [0.2, 0.25) is 0 Å². The minimum atomic E-state index is 0.244. The molecule has 0 aromatic carbocycles. The van der Waals surface area contributed by atoms with E-state index in [4.69, 9.17) is 10.5 Å². The summed E-state index contributed by atoms with van der Waals surface area (Å²) in [5.41, 5.74) is 5.48. The van der Waals surface area contributed by atoms with Crippen LogP contribution in [0, 0.1) is 0 Å². The van der Waals surface area contributed by atoms with Gasteiger partial charge in [0, 0.05) is 19.6 Å². The van der Waals surface area contributed by atoms with Gasteiger partial charge >= 0.3 is 0 Å². The van der Waals surface area contributed by atoms with Gasteiger partial charge in [0.1, 0.15) is 0 Å². The fraction of sp³-hybridized carbons (Fsp3) is 1.00. The number of morpholine rings is 1. The minimum Gasteiger partial charge on any atom is -0.371 e. The lowest BCUT2D eigenvalue weighted by Crippen LogP contribution is -2.47. The van der Waals surface area contributed by atoms with E-state index in [2.05, 4.69) is 18.9 Å². The average Bonchev–Trinajstić information content (AvgIpc) is 1.85. The lowest BCUT2D eigenvalue weighted by atomic mass is 10.2. The van der Waals surface area contributed by atoms with Crippen LogP contribution in [0.2, 0.25) is 0 Å². The van der Waals surface area contributed by atoms with Crippen LogP contribution in [0.3, 0.4) is 0 Å². The summed E-state index contributed by atoms with van der Waals surface area (Å²) in [6.07, 6.45) is 0.584. The van der Waals surface area contributed by atoms with Crippen molar-refractivity contribution in [2.24, 2.45) is 5.73 Å². The standard InChI is InChI=1S/C7H16N2O/c1-6-4-9(2)5-7(3-8)10-6/h6-7H,3-5,8H2,1-2H3/t6?,7-/m1/s1. The smallest absolute Gasteiger partial charge is 0.0828 e. The van der Waals surface area contributed by atoms with Gasteiger partial charge < -0.3 is 15.4 Å². The highest BCUT2D eigenvalue weighted by molar-refractivity contribution is 4.73. The lowest BCUT2D eigenvalue weighted by molar-refractivity contribution is -0.0644. The van der Waals surface area contributed by atoms with Crippen molar-refractivity contribution in [3.05, 3.63) is 0 Å². The first-order valence-corrected chi connectivity index (χ1v) is 3.76. The minimum absolute atomic E-state index is 0.244. The highest BCUT2D eigenvalue weighted by Crippen LogP contribution is 2.07. The summed E-state index contributed by atoms with van der Waals surface area (Å²) < 4.78 is 5.54. The maximum Gasteiger partial charge on any atom is 0.0828 e. The zero-order valence-corrected chi connectivity index (χ0v) is 6.71. The molecule has 0 bridgehead atoms. The third-order valence-electron chi connectivity index (χ3n) is 1.77. The number of rotatable bonds is 1. The summed E-state index contributed by atoms with van der Waals surface area (Å²) in [7, 11) is 2.10. The molecule has 2 atom stereocenters. The van der Waals surface area contributed by atoms with Gasteiger partial charge in [0.15, 0.2) is 0 Å². The molecular formula is C7H16N2O. The molecule has 10 heavy (non-hydrogen) atoms. The molecule has 1 aliphatic heterocycles. The molecule has 1 fully saturated rings. The largest absolute Gasteiger partial charge is 0.371 e. The van der Waals surface area contributed by atoms with Crippen molar-refractivity contribution in [1.29, 1.82) is 0 Å². The van der Waals surface area contributed by atoms with Gasteiger partial charge in [-0.15, -0.1) is 0 Å². The average molecular weight is 144 g/mol. The van der Waals surface area contributed by atoms with Crippen molar-refractivity contribution in [3.8, 4) is 0 Å². The molecule has 1 rings (SSSR count). The zero-order chi connectivity index (χ0) is 7.56. The van der Waals surface area contributed by atoms with Crippen LogP contribution >= 0.6 is 0 Å². The topological polar surface area (TPSA) is 38.5 Å². The fourth-order valence-corrected chi connectivity index (χ4v) is 1.41. The third-order valence-corrected chi connectivity index (χ3v) is 1.77. The van der Waals surface area contributed by atoms with Crippen LogP contribution < -0.4 is 5.73 Å². The van der Waals surface area contributed by atoms with Gasteiger partial charge in [-0.2, -0.15) is 0 Å². The van der Waals surface area contributed by atoms with Gasteiger partial charge in [-0.05, 0) is 14.0 Å². The van der Waals surface area contributed by atoms with Gasteiger partial charge in [-0.1, -0.05) is 0 Å². The maximum absolute atomic E-state index is 5.54. The molecule has 1 unspecified atom stereocenters. The molecule has 60 valence electrons. The molecule has 0 aliphatic carbocycles. The van der Waals surface area contributed by atoms with E-state index in [1.165, 1.54) is 0 Å². The Morgan fingerprint density at radius 2 is 2.30 bits per heavy atom. The molecule has 1 heterocycles. The Morgan fingerprint density at radius 1 is 1.60 bits per heavy atom. The van der Waals surface area contributed by atoms with Crippen molar-refractivity contribution >= 4 is 0 Å². The van der Waals surface area contributed by atoms with Crippen LogP contribution in [0.1, 0.15) is 6.92 Å². The number of hydrogen-bond acceptors (Lipinski definition) is 3. The van der Waals surface area contributed by atoms with E-state index in [0.29, 0.717) is 12.6 Å². The van der Waals surface area contributed by atoms with Crippen LogP contribution in [0.15, 0.2) is 0 Å². The highest BCUT2D eigenvalue weighted by atomic mass is 16.5. The molecule has 0 spiro atoms. The van der Waals surface area contributed by atoms with Crippen LogP contribution in [0.4, 0.5) is 0 Å². The molecular weight excluding hydrogens is 128 g/mol. The van der Waals surface area contributed by atoms with Crippen molar-refractivity contribution in [2.45, 2.75) is 19.1 Å². The number of likely N-dealkylation sites (N-methyl/N-ethyl adjacent to an activating group) is 1. The van der Waals surface area contributed by atoms with E-state index >= 15 is 0 Å². The molecule has 1 saturated heterocycles. The Kier molecular flexibility index (Phi) is 2.65. The number of nitrogens with two attached hydrogens (primary N) is 1. The summed E-state index contributed by atoms with van der Waals surface area (Å²) in [5, 5.41) is 0. The number of nitrogens with zero attached hydrogens (tertiary/aromatic N) is 1. The van der Waals surface area contributed by atoms with Crippen molar-refractivity contribution in [1.82, 2.24) is 4.90 Å². The third kappa shape index (κ3) is 1.94. The van der Waals surface area contributed by atoms with E-state index in [-0.39, 0.29) is 6.10 Å². The van der Waals surface area contributed by atoms with Crippen molar-refractivity contribution in [3.63, 3.8) is 0 Å². The fourth-order valence-electron chi connectivity index (χ4n) is 1.41. The van der Waals surface area contributed by atoms with Gasteiger partial charge in [0.25, 0.3) is 0 Å². The van der Waals surface area contributed by atoms with Gasteiger partial charge in [-0.25, -0.2) is 0 Å². The van der Waals surface area contributed by atoms with Crippen LogP contribution in [0.5, 0.6) is 0 Å². The molecule has 0 radical (unpaired) electrons. The Hall–Kier alpha value is -0.120. The summed E-state index contributed by atoms with van der Waals surface area (Å²) in [6.45, 7) is 4.71. The second kappa shape index (κ2) is 3.32. The molecule has 0 aromatic rings. The molecule has 1 aliphatic rings. The second-order valence-corrected chi connectivity index (χ2v) is 3.03. The predicted octanol–water partition coefficient (Wildman–Crippen LogP) is -0.336. The van der Waals surface area contributed by atoms with Crippen molar-refractivity contribution < 1.29 is 4.74 Å². The maximum atomic E-state index is 5.54. The van der Waals surface area contributed by atoms with E-state index in [0.717, 1.165) is 13.1 Å². The van der Waals surface area contributed by atoms with Crippen molar-refractivity contribution in [2.75, 3.05) is 26.7 Å². The monoisotopic (exact) mass is 144 g/mol. The summed E-state index contributed by atoms with van der Waals surface area (Å²) in [4.78, 5) is 2.26. The van der Waals surface area contributed by atoms with E-state index in [1.807, 2.05) is 0 Å². The highest BCUT2D eigenvalue weighted by Gasteiger charge is 2.20. The SMILES string of the molecule is CC1CN(C)C[C@@H](CN)O1. The van der Waals surface area contributed by atoms with Crippen LogP contribution in [-0.2, 0) is 4.74 Å². The van der Waals surface area contributed by atoms with Crippen LogP contribution in [-0.4, -0.2) is 43.8 Å². The molecule has 2 N–H and O–H groups in total. The van der Waals surface area contributed by atoms with E-state index < -0.39 is 0 Å². The van der Waals surface area contributed by atoms with E-state index in [1.54, 1.807) is 0 Å². The molecule has 3 nitrogen and oxygen atoms in total. The Labute approximate surface area is 62.1 Å². The first kappa shape index (κ1) is 7.98. The van der Waals surface area contributed by atoms with Gasteiger partial charge in [0.05, 0.1) is 12.2 Å². The van der Waals surface area contributed by atoms with Crippen LogP contribution in [0.25, 0.3) is 0 Å². The predicted molar refractivity (Wildman–Crippen MR) is 40.9 cm³/mol. The molecule has 0 saturated carbocycles.